The SMILES string of the molecule is O=C([C@H]1C[C@@H](O)[C@H](O)[C@@H]2N=C(Nc3ccc4c(c3)OCO4)S[C@@H]21)N1CCOCC1. The molecule has 29 heavy (non-hydrogen) atoms. The highest BCUT2D eigenvalue weighted by molar-refractivity contribution is 8.15. The summed E-state index contributed by atoms with van der Waals surface area (Å²) in [5.41, 5.74) is 0.783. The highest BCUT2D eigenvalue weighted by Crippen LogP contribution is 2.42. The molecule has 1 aromatic rings. The normalized spacial score (nSPS) is 33.2. The first-order chi connectivity index (χ1) is 14.1. The lowest BCUT2D eigenvalue weighted by Gasteiger charge is -2.40. The van der Waals surface area contributed by atoms with E-state index in [0.29, 0.717) is 43.0 Å². The Balaban J connectivity index is 1.33. The Labute approximate surface area is 172 Å². The molecule has 3 aliphatic heterocycles. The molecule has 5 rings (SSSR count). The van der Waals surface area contributed by atoms with Crippen LogP contribution in [0.1, 0.15) is 6.42 Å². The number of hydrogen-bond donors (Lipinski definition) is 3. The lowest BCUT2D eigenvalue weighted by atomic mass is 9.80. The number of amides is 1. The van der Waals surface area contributed by atoms with E-state index in [9.17, 15) is 15.0 Å². The van der Waals surface area contributed by atoms with Crippen LogP contribution in [0.25, 0.3) is 0 Å². The number of nitrogens with zero attached hydrogens (tertiary/aromatic N) is 2. The molecule has 2 fully saturated rings. The molecule has 1 saturated carbocycles. The van der Waals surface area contributed by atoms with Crippen molar-refractivity contribution in [1.29, 1.82) is 0 Å². The summed E-state index contributed by atoms with van der Waals surface area (Å²) in [5, 5.41) is 24.5. The first kappa shape index (κ1) is 19.0. The highest BCUT2D eigenvalue weighted by atomic mass is 32.2. The maximum atomic E-state index is 13.1. The molecular weight excluding hydrogens is 398 g/mol. The van der Waals surface area contributed by atoms with E-state index in [1.165, 1.54) is 11.8 Å². The quantitative estimate of drug-likeness (QED) is 0.624. The van der Waals surface area contributed by atoms with Crippen molar-refractivity contribution in [3.8, 4) is 11.5 Å². The number of aliphatic imine (C=N–C) groups is 1. The van der Waals surface area contributed by atoms with Crippen LogP contribution in [-0.4, -0.2) is 82.8 Å². The number of aliphatic hydroxyl groups is 2. The van der Waals surface area contributed by atoms with Gasteiger partial charge in [-0.3, -0.25) is 9.79 Å². The van der Waals surface area contributed by atoms with Crippen molar-refractivity contribution in [2.24, 2.45) is 10.9 Å². The van der Waals surface area contributed by atoms with Crippen LogP contribution in [0, 0.1) is 5.92 Å². The summed E-state index contributed by atoms with van der Waals surface area (Å²) in [5.74, 6) is 0.953. The van der Waals surface area contributed by atoms with Gasteiger partial charge in [0.15, 0.2) is 16.7 Å². The minimum atomic E-state index is -0.989. The van der Waals surface area contributed by atoms with Gasteiger partial charge in [0.2, 0.25) is 12.7 Å². The molecule has 0 spiro atoms. The molecule has 1 saturated heterocycles. The second kappa shape index (κ2) is 7.67. The summed E-state index contributed by atoms with van der Waals surface area (Å²) >= 11 is 1.45. The molecule has 1 amide bonds. The van der Waals surface area contributed by atoms with Crippen LogP contribution in [0.3, 0.4) is 0 Å². The molecule has 4 aliphatic rings. The third-order valence-corrected chi connectivity index (χ3v) is 7.06. The first-order valence-electron chi connectivity index (χ1n) is 9.74. The van der Waals surface area contributed by atoms with E-state index in [-0.39, 0.29) is 24.4 Å². The number of amidine groups is 1. The number of fused-ring (bicyclic) bond motifs is 2. The van der Waals surface area contributed by atoms with Gasteiger partial charge in [-0.15, -0.1) is 0 Å². The van der Waals surface area contributed by atoms with Crippen LogP contribution in [0.5, 0.6) is 11.5 Å². The predicted octanol–water partition coefficient (Wildman–Crippen LogP) is 0.268. The fourth-order valence-electron chi connectivity index (χ4n) is 4.21. The van der Waals surface area contributed by atoms with Gasteiger partial charge in [0, 0.05) is 30.1 Å². The molecular formula is C19H23N3O6S. The smallest absolute Gasteiger partial charge is 0.231 e. The van der Waals surface area contributed by atoms with Crippen LogP contribution < -0.4 is 14.8 Å². The molecule has 3 N–H and O–H groups in total. The van der Waals surface area contributed by atoms with Gasteiger partial charge in [-0.2, -0.15) is 0 Å². The number of carbonyl (C=O) groups is 1. The Morgan fingerprint density at radius 2 is 2.00 bits per heavy atom. The number of hydrogen-bond acceptors (Lipinski definition) is 9. The van der Waals surface area contributed by atoms with Gasteiger partial charge in [-0.05, 0) is 18.6 Å². The summed E-state index contributed by atoms with van der Waals surface area (Å²) in [7, 11) is 0. The third kappa shape index (κ3) is 3.54. The average Bonchev–Trinajstić information content (AvgIpc) is 3.37. The zero-order valence-corrected chi connectivity index (χ0v) is 16.5. The van der Waals surface area contributed by atoms with Crippen molar-refractivity contribution in [2.75, 3.05) is 38.4 Å². The number of aliphatic hydroxyl groups excluding tert-OH is 2. The van der Waals surface area contributed by atoms with Crippen molar-refractivity contribution in [1.82, 2.24) is 4.90 Å². The standard InChI is InChI=1S/C19H23N3O6S/c23-12-8-11(18(25)22-3-5-26-6-4-22)17-15(16(12)24)21-19(29-17)20-10-1-2-13-14(7-10)28-9-27-13/h1-2,7,11-12,15-17,23-24H,3-6,8-9H2,(H,20,21)/t11-,12+,15-,16-,17+/m0/s1. The van der Waals surface area contributed by atoms with E-state index < -0.39 is 24.2 Å². The first-order valence-corrected chi connectivity index (χ1v) is 10.6. The Kier molecular flexibility index (Phi) is 5.02. The molecule has 3 heterocycles. The zero-order chi connectivity index (χ0) is 20.0. The van der Waals surface area contributed by atoms with Crippen molar-refractivity contribution in [3.63, 3.8) is 0 Å². The molecule has 5 atom stereocenters. The fraction of sp³-hybridized carbons (Fsp3) is 0.579. The van der Waals surface area contributed by atoms with Crippen molar-refractivity contribution in [3.05, 3.63) is 18.2 Å². The lowest BCUT2D eigenvalue weighted by molar-refractivity contribution is -0.144. The molecule has 10 heteroatoms. The monoisotopic (exact) mass is 421 g/mol. The van der Waals surface area contributed by atoms with Gasteiger partial charge in [0.25, 0.3) is 0 Å². The van der Waals surface area contributed by atoms with Gasteiger partial charge in [0.1, 0.15) is 6.10 Å². The minimum Gasteiger partial charge on any atom is -0.454 e. The Bertz CT molecular complexity index is 830. The predicted molar refractivity (Wildman–Crippen MR) is 106 cm³/mol. The Morgan fingerprint density at radius 3 is 2.83 bits per heavy atom. The van der Waals surface area contributed by atoms with E-state index in [2.05, 4.69) is 10.3 Å². The summed E-state index contributed by atoms with van der Waals surface area (Å²) in [6, 6.07) is 4.98. The third-order valence-electron chi connectivity index (χ3n) is 5.75. The summed E-state index contributed by atoms with van der Waals surface area (Å²) in [6.07, 6.45) is -1.73. The van der Waals surface area contributed by atoms with Gasteiger partial charge in [-0.1, -0.05) is 11.8 Å². The second-order valence-electron chi connectivity index (χ2n) is 7.54. The zero-order valence-electron chi connectivity index (χ0n) is 15.7. The molecule has 0 aromatic heterocycles. The second-order valence-corrected chi connectivity index (χ2v) is 8.70. The summed E-state index contributed by atoms with van der Waals surface area (Å²) in [6.45, 7) is 2.36. The van der Waals surface area contributed by atoms with E-state index in [1.807, 2.05) is 18.2 Å². The Hall–Kier alpha value is -2.01. The van der Waals surface area contributed by atoms with Crippen molar-refractivity contribution < 1.29 is 29.2 Å². The van der Waals surface area contributed by atoms with Gasteiger partial charge in [-0.25, -0.2) is 0 Å². The molecule has 0 bridgehead atoms. The molecule has 0 unspecified atom stereocenters. The molecule has 9 nitrogen and oxygen atoms in total. The number of carbonyl (C=O) groups excluding carboxylic acids is 1. The van der Waals surface area contributed by atoms with Crippen LogP contribution in [0.4, 0.5) is 5.69 Å². The number of thioether (sulfide) groups is 1. The molecule has 1 aliphatic carbocycles. The van der Waals surface area contributed by atoms with Crippen LogP contribution in [0.2, 0.25) is 0 Å². The van der Waals surface area contributed by atoms with Crippen molar-refractivity contribution >= 4 is 28.5 Å². The van der Waals surface area contributed by atoms with E-state index in [1.54, 1.807) is 4.90 Å². The fourth-order valence-corrected chi connectivity index (χ4v) is 5.58. The Morgan fingerprint density at radius 1 is 1.21 bits per heavy atom. The van der Waals surface area contributed by atoms with Gasteiger partial charge < -0.3 is 34.6 Å². The summed E-state index contributed by atoms with van der Waals surface area (Å²) < 4.78 is 16.1. The van der Waals surface area contributed by atoms with Crippen molar-refractivity contribution in [2.45, 2.75) is 29.9 Å². The van der Waals surface area contributed by atoms with Gasteiger partial charge >= 0.3 is 0 Å². The van der Waals surface area contributed by atoms with E-state index >= 15 is 0 Å². The molecule has 1 aromatic carbocycles. The number of rotatable bonds is 2. The maximum absolute atomic E-state index is 13.1. The number of anilines is 1. The number of benzene rings is 1. The minimum absolute atomic E-state index is 0.00118. The van der Waals surface area contributed by atoms with Crippen LogP contribution in [0.15, 0.2) is 23.2 Å². The van der Waals surface area contributed by atoms with Crippen LogP contribution >= 0.6 is 11.8 Å². The number of ether oxygens (including phenoxy) is 3. The topological polar surface area (TPSA) is 113 Å². The van der Waals surface area contributed by atoms with Gasteiger partial charge in [0.05, 0.1) is 31.3 Å². The number of morpholine rings is 1. The van der Waals surface area contributed by atoms with Crippen LogP contribution in [-0.2, 0) is 9.53 Å². The molecule has 156 valence electrons. The largest absolute Gasteiger partial charge is 0.454 e. The average molecular weight is 421 g/mol. The lowest BCUT2D eigenvalue weighted by Crippen LogP contribution is -2.55. The number of nitrogens with one attached hydrogen (secondary N) is 1. The summed E-state index contributed by atoms with van der Waals surface area (Å²) in [4.78, 5) is 19.5. The van der Waals surface area contributed by atoms with E-state index in [4.69, 9.17) is 14.2 Å². The maximum Gasteiger partial charge on any atom is 0.231 e. The highest BCUT2D eigenvalue weighted by Gasteiger charge is 2.51. The van der Waals surface area contributed by atoms with E-state index in [0.717, 1.165) is 5.69 Å². The molecule has 0 radical (unpaired) electrons.